The third kappa shape index (κ3) is 2.87. The predicted octanol–water partition coefficient (Wildman–Crippen LogP) is 4.21. The molecule has 1 saturated carbocycles. The third-order valence-corrected chi connectivity index (χ3v) is 4.78. The van der Waals surface area contributed by atoms with Crippen molar-refractivity contribution in [3.8, 4) is 11.5 Å². The molecule has 1 fully saturated rings. The van der Waals surface area contributed by atoms with E-state index in [2.05, 4.69) is 5.32 Å². The summed E-state index contributed by atoms with van der Waals surface area (Å²) in [5.41, 5.74) is 2.51. The smallest absolute Gasteiger partial charge is 0.258 e. The van der Waals surface area contributed by atoms with E-state index in [9.17, 15) is 4.79 Å². The van der Waals surface area contributed by atoms with E-state index < -0.39 is 0 Å². The first-order valence-corrected chi connectivity index (χ1v) is 9.12. The number of nitrogens with zero attached hydrogens (tertiary/aromatic N) is 1. The van der Waals surface area contributed by atoms with Crippen molar-refractivity contribution in [1.82, 2.24) is 4.90 Å². The number of anilines is 1. The number of carbonyl (C=O) groups excluding carboxylic acids is 1. The zero-order chi connectivity index (χ0) is 18.3. The number of hydrogen-bond donors (Lipinski definition) is 1. The van der Waals surface area contributed by atoms with Gasteiger partial charge in [0, 0.05) is 17.3 Å². The molecule has 2 aromatic carbocycles. The van der Waals surface area contributed by atoms with Gasteiger partial charge in [0.25, 0.3) is 5.91 Å². The quantitative estimate of drug-likeness (QED) is 0.876. The number of nitrogens with one attached hydrogen (secondary N) is 1. The first kappa shape index (κ1) is 16.8. The maximum atomic E-state index is 13.2. The van der Waals surface area contributed by atoms with E-state index >= 15 is 0 Å². The van der Waals surface area contributed by atoms with E-state index in [-0.39, 0.29) is 24.2 Å². The monoisotopic (exact) mass is 352 g/mol. The average molecular weight is 352 g/mol. The minimum atomic E-state index is -0.270. The van der Waals surface area contributed by atoms with Crippen LogP contribution in [-0.4, -0.2) is 30.1 Å². The summed E-state index contributed by atoms with van der Waals surface area (Å²) in [5, 5.41) is 3.55. The molecule has 4 rings (SSSR count). The van der Waals surface area contributed by atoms with E-state index in [0.29, 0.717) is 11.5 Å². The van der Waals surface area contributed by atoms with Crippen molar-refractivity contribution in [2.45, 2.75) is 45.0 Å². The molecule has 1 aliphatic heterocycles. The van der Waals surface area contributed by atoms with Crippen LogP contribution >= 0.6 is 0 Å². The maximum Gasteiger partial charge on any atom is 0.258 e. The topological polar surface area (TPSA) is 50.8 Å². The van der Waals surface area contributed by atoms with Crippen molar-refractivity contribution in [1.29, 1.82) is 0 Å². The number of ether oxygens (including phenoxy) is 2. The Hall–Kier alpha value is -2.69. The Bertz CT molecular complexity index is 830. The number of benzene rings is 2. The molecule has 0 saturated heterocycles. The molecule has 0 radical (unpaired) electrons. The Morgan fingerprint density at radius 3 is 2.58 bits per heavy atom. The SMILES string of the molecule is COc1cccc(C2Nc3ccccc3C(=O)N2C2CC2)c1OC(C)C. The standard InChI is InChI=1S/C21H24N2O3/c1-13(2)26-19-16(8-6-10-18(19)25-3)20-22-17-9-5-4-7-15(17)21(24)23(20)14-11-12-14/h4-10,13-14,20,22H,11-12H2,1-3H3. The van der Waals surface area contributed by atoms with Crippen LogP contribution < -0.4 is 14.8 Å². The molecule has 5 nitrogen and oxygen atoms in total. The van der Waals surface area contributed by atoms with E-state index in [1.54, 1.807) is 7.11 Å². The summed E-state index contributed by atoms with van der Waals surface area (Å²) in [6.07, 6.45) is 1.81. The summed E-state index contributed by atoms with van der Waals surface area (Å²) in [7, 11) is 1.64. The van der Waals surface area contributed by atoms with E-state index in [4.69, 9.17) is 9.47 Å². The largest absolute Gasteiger partial charge is 0.493 e. The van der Waals surface area contributed by atoms with Gasteiger partial charge >= 0.3 is 0 Å². The highest BCUT2D eigenvalue weighted by molar-refractivity contribution is 6.02. The summed E-state index contributed by atoms with van der Waals surface area (Å²) in [6.45, 7) is 3.98. The molecule has 1 aliphatic carbocycles. The maximum absolute atomic E-state index is 13.2. The molecule has 1 amide bonds. The van der Waals surface area contributed by atoms with Crippen LogP contribution in [0.25, 0.3) is 0 Å². The lowest BCUT2D eigenvalue weighted by Gasteiger charge is -2.39. The van der Waals surface area contributed by atoms with Gasteiger partial charge in [0.05, 0.1) is 18.8 Å². The van der Waals surface area contributed by atoms with Crippen molar-refractivity contribution < 1.29 is 14.3 Å². The first-order valence-electron chi connectivity index (χ1n) is 9.12. The molecule has 5 heteroatoms. The van der Waals surface area contributed by atoms with Gasteiger partial charge in [-0.1, -0.05) is 24.3 Å². The fourth-order valence-corrected chi connectivity index (χ4v) is 3.50. The molecule has 0 spiro atoms. The minimum absolute atomic E-state index is 0.00556. The van der Waals surface area contributed by atoms with E-state index in [1.807, 2.05) is 61.2 Å². The summed E-state index contributed by atoms with van der Waals surface area (Å²) < 4.78 is 11.6. The summed E-state index contributed by atoms with van der Waals surface area (Å²) in [4.78, 5) is 15.1. The number of methoxy groups -OCH3 is 1. The van der Waals surface area contributed by atoms with Crippen LogP contribution in [0.4, 0.5) is 5.69 Å². The Morgan fingerprint density at radius 2 is 1.88 bits per heavy atom. The summed E-state index contributed by atoms with van der Waals surface area (Å²) >= 11 is 0. The Labute approximate surface area is 153 Å². The summed E-state index contributed by atoms with van der Waals surface area (Å²) in [6, 6.07) is 13.8. The highest BCUT2D eigenvalue weighted by Crippen LogP contribution is 2.45. The number of amides is 1. The molecular weight excluding hydrogens is 328 g/mol. The molecule has 2 aliphatic rings. The fraction of sp³-hybridized carbons (Fsp3) is 0.381. The van der Waals surface area contributed by atoms with Gasteiger partial charge in [0.1, 0.15) is 6.17 Å². The van der Waals surface area contributed by atoms with Gasteiger partial charge in [-0.3, -0.25) is 4.79 Å². The Kier molecular flexibility index (Phi) is 4.23. The zero-order valence-electron chi connectivity index (χ0n) is 15.4. The van der Waals surface area contributed by atoms with Gasteiger partial charge in [-0.2, -0.15) is 0 Å². The van der Waals surface area contributed by atoms with Crippen molar-refractivity contribution in [2.75, 3.05) is 12.4 Å². The summed E-state index contributed by atoms with van der Waals surface area (Å²) in [5.74, 6) is 1.45. The van der Waals surface area contributed by atoms with E-state index in [0.717, 1.165) is 29.7 Å². The lowest BCUT2D eigenvalue weighted by Crippen LogP contribution is -2.44. The van der Waals surface area contributed by atoms with Crippen LogP contribution in [0.15, 0.2) is 42.5 Å². The average Bonchev–Trinajstić information content (AvgIpc) is 3.46. The molecule has 0 bridgehead atoms. The molecular formula is C21H24N2O3. The zero-order valence-corrected chi connectivity index (χ0v) is 15.4. The molecule has 0 aromatic heterocycles. The van der Waals surface area contributed by atoms with Gasteiger partial charge in [0.2, 0.25) is 0 Å². The van der Waals surface area contributed by atoms with Crippen LogP contribution in [-0.2, 0) is 0 Å². The highest BCUT2D eigenvalue weighted by atomic mass is 16.5. The van der Waals surface area contributed by atoms with Gasteiger partial charge in [-0.05, 0) is 44.9 Å². The van der Waals surface area contributed by atoms with Crippen LogP contribution in [0.3, 0.4) is 0 Å². The van der Waals surface area contributed by atoms with Crippen molar-refractivity contribution in [3.63, 3.8) is 0 Å². The van der Waals surface area contributed by atoms with Gasteiger partial charge < -0.3 is 19.7 Å². The van der Waals surface area contributed by atoms with Crippen LogP contribution in [0, 0.1) is 0 Å². The molecule has 1 heterocycles. The van der Waals surface area contributed by atoms with Crippen molar-refractivity contribution in [3.05, 3.63) is 53.6 Å². The number of para-hydroxylation sites is 2. The minimum Gasteiger partial charge on any atom is -0.493 e. The van der Waals surface area contributed by atoms with Gasteiger partial charge in [-0.15, -0.1) is 0 Å². The molecule has 1 unspecified atom stereocenters. The number of rotatable bonds is 5. The van der Waals surface area contributed by atoms with E-state index in [1.165, 1.54) is 0 Å². The first-order chi connectivity index (χ1) is 12.6. The predicted molar refractivity (Wildman–Crippen MR) is 101 cm³/mol. The highest BCUT2D eigenvalue weighted by Gasteiger charge is 2.43. The molecule has 136 valence electrons. The second-order valence-corrected chi connectivity index (χ2v) is 7.08. The number of carbonyl (C=O) groups is 1. The molecule has 2 aromatic rings. The Balaban J connectivity index is 1.82. The normalized spacial score (nSPS) is 19.2. The lowest BCUT2D eigenvalue weighted by molar-refractivity contribution is 0.0662. The van der Waals surface area contributed by atoms with Gasteiger partial charge in [0.15, 0.2) is 11.5 Å². The molecule has 1 atom stereocenters. The van der Waals surface area contributed by atoms with Crippen molar-refractivity contribution in [2.24, 2.45) is 0 Å². The molecule has 26 heavy (non-hydrogen) atoms. The third-order valence-electron chi connectivity index (χ3n) is 4.78. The lowest BCUT2D eigenvalue weighted by atomic mass is 10.0. The number of fused-ring (bicyclic) bond motifs is 1. The van der Waals surface area contributed by atoms with Crippen LogP contribution in [0.1, 0.15) is 48.8 Å². The van der Waals surface area contributed by atoms with Crippen molar-refractivity contribution >= 4 is 11.6 Å². The van der Waals surface area contributed by atoms with Crippen LogP contribution in [0.5, 0.6) is 11.5 Å². The van der Waals surface area contributed by atoms with Crippen LogP contribution in [0.2, 0.25) is 0 Å². The van der Waals surface area contributed by atoms with Gasteiger partial charge in [-0.25, -0.2) is 0 Å². The second-order valence-electron chi connectivity index (χ2n) is 7.08. The Morgan fingerprint density at radius 1 is 1.12 bits per heavy atom. The fourth-order valence-electron chi connectivity index (χ4n) is 3.50. The second kappa shape index (κ2) is 6.56. The molecule has 1 N–H and O–H groups in total. The number of hydrogen-bond acceptors (Lipinski definition) is 4.